The summed E-state index contributed by atoms with van der Waals surface area (Å²) in [4.78, 5) is 6.19. The van der Waals surface area contributed by atoms with Gasteiger partial charge >= 0.3 is 0 Å². The lowest BCUT2D eigenvalue weighted by Gasteiger charge is -2.27. The zero-order valence-corrected chi connectivity index (χ0v) is 12.8. The molecule has 5 nitrogen and oxygen atoms in total. The standard InChI is InChI=1S/C15H24N4O/c1-12-11-15(7-9-17-12)20-13(2)8-10-18(5)14(3)19(6)16-4/h7,9,11,13H,3-4,8,10H2,1-2,5-6H3. The van der Waals surface area contributed by atoms with Gasteiger partial charge in [-0.05, 0) is 19.9 Å². The molecule has 0 saturated heterocycles. The Bertz CT molecular complexity index is 461. The highest BCUT2D eigenvalue weighted by Gasteiger charge is 2.10. The molecule has 1 aromatic heterocycles. The van der Waals surface area contributed by atoms with E-state index in [4.69, 9.17) is 4.74 Å². The fourth-order valence-electron chi connectivity index (χ4n) is 1.72. The molecule has 20 heavy (non-hydrogen) atoms. The van der Waals surface area contributed by atoms with Crippen molar-refractivity contribution >= 4 is 6.72 Å². The highest BCUT2D eigenvalue weighted by atomic mass is 16.5. The molecule has 0 N–H and O–H groups in total. The fraction of sp³-hybridized carbons (Fsp3) is 0.467. The van der Waals surface area contributed by atoms with E-state index in [1.54, 1.807) is 11.2 Å². The van der Waals surface area contributed by atoms with Crippen LogP contribution < -0.4 is 4.74 Å². The molecule has 1 unspecified atom stereocenters. The molecule has 0 bridgehead atoms. The van der Waals surface area contributed by atoms with Gasteiger partial charge in [-0.2, -0.15) is 5.10 Å². The van der Waals surface area contributed by atoms with Gasteiger partial charge in [-0.25, -0.2) is 0 Å². The van der Waals surface area contributed by atoms with Crippen LogP contribution in [-0.4, -0.2) is 48.4 Å². The van der Waals surface area contributed by atoms with Crippen molar-refractivity contribution in [1.29, 1.82) is 0 Å². The number of pyridine rings is 1. The van der Waals surface area contributed by atoms with Gasteiger partial charge in [-0.15, -0.1) is 0 Å². The monoisotopic (exact) mass is 276 g/mol. The average molecular weight is 276 g/mol. The minimum Gasteiger partial charge on any atom is -0.491 e. The highest BCUT2D eigenvalue weighted by Crippen LogP contribution is 2.14. The molecule has 0 fully saturated rings. The third kappa shape index (κ3) is 4.91. The first kappa shape index (κ1) is 16.0. The van der Waals surface area contributed by atoms with Crippen molar-refractivity contribution in [3.8, 4) is 5.75 Å². The predicted octanol–water partition coefficient (Wildman–Crippen LogP) is 2.50. The maximum atomic E-state index is 5.87. The Morgan fingerprint density at radius 3 is 2.80 bits per heavy atom. The van der Waals surface area contributed by atoms with Crippen LogP contribution in [0.25, 0.3) is 0 Å². The predicted molar refractivity (Wildman–Crippen MR) is 82.8 cm³/mol. The first-order valence-corrected chi connectivity index (χ1v) is 6.63. The van der Waals surface area contributed by atoms with Crippen LogP contribution in [-0.2, 0) is 0 Å². The lowest BCUT2D eigenvalue weighted by Crippen LogP contribution is -2.29. The minimum absolute atomic E-state index is 0.119. The van der Waals surface area contributed by atoms with E-state index >= 15 is 0 Å². The van der Waals surface area contributed by atoms with E-state index in [2.05, 4.69) is 30.3 Å². The van der Waals surface area contributed by atoms with E-state index in [9.17, 15) is 0 Å². The molecule has 0 spiro atoms. The van der Waals surface area contributed by atoms with Crippen LogP contribution in [0.4, 0.5) is 0 Å². The summed E-state index contributed by atoms with van der Waals surface area (Å²) in [6, 6.07) is 3.82. The van der Waals surface area contributed by atoms with Crippen molar-refractivity contribution in [3.63, 3.8) is 0 Å². The summed E-state index contributed by atoms with van der Waals surface area (Å²) in [5.74, 6) is 1.67. The number of ether oxygens (including phenoxy) is 1. The van der Waals surface area contributed by atoms with Gasteiger partial charge in [0.2, 0.25) is 0 Å². The molecule has 110 valence electrons. The summed E-state index contributed by atoms with van der Waals surface area (Å²) in [6.07, 6.45) is 2.77. The molecule has 0 aliphatic heterocycles. The van der Waals surface area contributed by atoms with Gasteiger partial charge in [-0.3, -0.25) is 9.99 Å². The number of aromatic nitrogens is 1. The topological polar surface area (TPSA) is 41.0 Å². The van der Waals surface area contributed by atoms with E-state index < -0.39 is 0 Å². The van der Waals surface area contributed by atoms with Crippen LogP contribution in [0.5, 0.6) is 5.75 Å². The first-order chi connectivity index (χ1) is 9.43. The van der Waals surface area contributed by atoms with Crippen LogP contribution in [0.1, 0.15) is 19.0 Å². The van der Waals surface area contributed by atoms with Crippen molar-refractivity contribution in [2.45, 2.75) is 26.4 Å². The van der Waals surface area contributed by atoms with E-state index in [0.29, 0.717) is 0 Å². The van der Waals surface area contributed by atoms with Gasteiger partial charge < -0.3 is 9.64 Å². The molecule has 0 aromatic carbocycles. The van der Waals surface area contributed by atoms with Gasteiger partial charge in [0.25, 0.3) is 0 Å². The Morgan fingerprint density at radius 1 is 1.50 bits per heavy atom. The van der Waals surface area contributed by atoms with Crippen molar-refractivity contribution in [3.05, 3.63) is 36.4 Å². The van der Waals surface area contributed by atoms with Crippen LogP contribution in [0.15, 0.2) is 35.8 Å². The van der Waals surface area contributed by atoms with E-state index in [1.165, 1.54) is 0 Å². The molecule has 1 heterocycles. The lowest BCUT2D eigenvalue weighted by atomic mass is 10.2. The molecular formula is C15H24N4O. The average Bonchev–Trinajstić information content (AvgIpc) is 2.43. The molecule has 1 rings (SSSR count). The quantitative estimate of drug-likeness (QED) is 0.540. The van der Waals surface area contributed by atoms with Crippen molar-refractivity contribution in [2.24, 2.45) is 5.10 Å². The summed E-state index contributed by atoms with van der Waals surface area (Å²) in [5, 5.41) is 5.47. The summed E-state index contributed by atoms with van der Waals surface area (Å²) in [5.41, 5.74) is 0.957. The Labute approximate surface area is 121 Å². The largest absolute Gasteiger partial charge is 0.491 e. The van der Waals surface area contributed by atoms with Gasteiger partial charge in [0.1, 0.15) is 11.6 Å². The fourth-order valence-corrected chi connectivity index (χ4v) is 1.72. The molecule has 0 aliphatic carbocycles. The molecule has 0 saturated carbocycles. The summed E-state index contributed by atoms with van der Waals surface area (Å²) in [6.45, 7) is 12.3. The summed E-state index contributed by atoms with van der Waals surface area (Å²) >= 11 is 0. The first-order valence-electron chi connectivity index (χ1n) is 6.63. The maximum Gasteiger partial charge on any atom is 0.123 e. The smallest absolute Gasteiger partial charge is 0.123 e. The molecule has 0 aliphatic rings. The third-order valence-electron chi connectivity index (χ3n) is 3.10. The maximum absolute atomic E-state index is 5.87. The highest BCUT2D eigenvalue weighted by molar-refractivity contribution is 5.23. The van der Waals surface area contributed by atoms with E-state index in [-0.39, 0.29) is 6.10 Å². The SMILES string of the molecule is C=NN(C)C(=C)N(C)CCC(C)Oc1ccnc(C)c1. The number of hydrogen-bond donors (Lipinski definition) is 0. The number of hydrogen-bond acceptors (Lipinski definition) is 5. The Hall–Kier alpha value is -2.04. The number of aryl methyl sites for hydroxylation is 1. The number of rotatable bonds is 8. The second-order valence-corrected chi connectivity index (χ2v) is 4.85. The zero-order valence-electron chi connectivity index (χ0n) is 12.8. The molecule has 5 heteroatoms. The molecule has 1 aromatic rings. The van der Waals surface area contributed by atoms with Gasteiger partial charge in [0.05, 0.1) is 6.10 Å². The van der Waals surface area contributed by atoms with E-state index in [0.717, 1.165) is 30.2 Å². The van der Waals surface area contributed by atoms with Crippen LogP contribution in [0, 0.1) is 6.92 Å². The molecule has 0 amide bonds. The minimum atomic E-state index is 0.119. The molecule has 0 radical (unpaired) electrons. The zero-order chi connectivity index (χ0) is 15.1. The van der Waals surface area contributed by atoms with Gasteiger partial charge in [0, 0.05) is 51.7 Å². The molecular weight excluding hydrogens is 252 g/mol. The van der Waals surface area contributed by atoms with Crippen LogP contribution in [0.3, 0.4) is 0 Å². The Morgan fingerprint density at radius 2 is 2.20 bits per heavy atom. The Kier molecular flexibility index (Phi) is 6.03. The normalized spacial score (nSPS) is 11.6. The molecule has 1 atom stereocenters. The second kappa shape index (κ2) is 7.53. The lowest BCUT2D eigenvalue weighted by molar-refractivity contribution is 0.184. The van der Waals surface area contributed by atoms with E-state index in [1.807, 2.05) is 38.1 Å². The van der Waals surface area contributed by atoms with Gasteiger partial charge in [0.15, 0.2) is 0 Å². The Balaban J connectivity index is 2.41. The number of hydrazone groups is 1. The van der Waals surface area contributed by atoms with Gasteiger partial charge in [-0.1, -0.05) is 6.58 Å². The number of nitrogens with zero attached hydrogens (tertiary/aromatic N) is 4. The third-order valence-corrected chi connectivity index (χ3v) is 3.10. The van der Waals surface area contributed by atoms with Crippen LogP contribution >= 0.6 is 0 Å². The summed E-state index contributed by atoms with van der Waals surface area (Å²) < 4.78 is 5.87. The van der Waals surface area contributed by atoms with Crippen molar-refractivity contribution < 1.29 is 4.74 Å². The van der Waals surface area contributed by atoms with Crippen LogP contribution in [0.2, 0.25) is 0 Å². The van der Waals surface area contributed by atoms with Crippen molar-refractivity contribution in [2.75, 3.05) is 20.6 Å². The van der Waals surface area contributed by atoms with Crippen molar-refractivity contribution in [1.82, 2.24) is 14.9 Å². The second-order valence-electron chi connectivity index (χ2n) is 4.85. The summed E-state index contributed by atoms with van der Waals surface area (Å²) in [7, 11) is 3.80.